The first kappa shape index (κ1) is 14.0. The first-order valence-electron chi connectivity index (χ1n) is 7.04. The molecule has 0 aliphatic carbocycles. The van der Waals surface area contributed by atoms with Crippen LogP contribution in [0.4, 0.5) is 0 Å². The number of likely N-dealkylation sites (tertiary alicyclic amines) is 1. The number of nitrogens with zero attached hydrogens (tertiary/aromatic N) is 3. The largest absolute Gasteiger partial charge is 0.495 e. The predicted octanol–water partition coefficient (Wildman–Crippen LogP) is 1.78. The molecule has 0 radical (unpaired) electrons. The third-order valence-electron chi connectivity index (χ3n) is 3.92. The molecule has 1 fully saturated rings. The molecule has 1 saturated heterocycles. The summed E-state index contributed by atoms with van der Waals surface area (Å²) >= 11 is 0. The maximum Gasteiger partial charge on any atom is 0.137 e. The van der Waals surface area contributed by atoms with Crippen LogP contribution in [0.5, 0.6) is 5.75 Å². The summed E-state index contributed by atoms with van der Waals surface area (Å²) in [5.74, 6) is 1.77. The molecule has 112 valence electrons. The molecule has 21 heavy (non-hydrogen) atoms. The molecule has 1 unspecified atom stereocenters. The molecule has 6 heteroatoms. The van der Waals surface area contributed by atoms with Crippen LogP contribution in [-0.2, 0) is 11.3 Å². The molecule has 2 aromatic heterocycles. The molecule has 0 amide bonds. The molecule has 1 aliphatic heterocycles. The van der Waals surface area contributed by atoms with Gasteiger partial charge in [-0.2, -0.15) is 0 Å². The van der Waals surface area contributed by atoms with E-state index in [1.807, 2.05) is 18.5 Å². The highest BCUT2D eigenvalue weighted by Crippen LogP contribution is 2.32. The van der Waals surface area contributed by atoms with Crippen LogP contribution in [0.15, 0.2) is 30.9 Å². The minimum Gasteiger partial charge on any atom is -0.495 e. The quantitative estimate of drug-likeness (QED) is 0.908. The van der Waals surface area contributed by atoms with Crippen molar-refractivity contribution in [2.45, 2.75) is 25.1 Å². The van der Waals surface area contributed by atoms with Gasteiger partial charge in [-0.15, -0.1) is 0 Å². The third-order valence-corrected chi connectivity index (χ3v) is 3.92. The number of nitrogens with one attached hydrogen (secondary N) is 1. The molecular weight excluding hydrogens is 268 g/mol. The van der Waals surface area contributed by atoms with Crippen LogP contribution >= 0.6 is 0 Å². The van der Waals surface area contributed by atoms with Crippen molar-refractivity contribution in [1.82, 2.24) is 19.9 Å². The topological polar surface area (TPSA) is 63.3 Å². The van der Waals surface area contributed by atoms with Gasteiger partial charge >= 0.3 is 0 Å². The van der Waals surface area contributed by atoms with Crippen LogP contribution < -0.4 is 4.74 Å². The minimum absolute atomic E-state index is 0.235. The fourth-order valence-corrected chi connectivity index (χ4v) is 2.85. The van der Waals surface area contributed by atoms with E-state index >= 15 is 0 Å². The summed E-state index contributed by atoms with van der Waals surface area (Å²) in [6.45, 7) is 1.69. The van der Waals surface area contributed by atoms with Crippen molar-refractivity contribution in [3.8, 4) is 5.75 Å². The van der Waals surface area contributed by atoms with Crippen LogP contribution in [0, 0.1) is 0 Å². The Morgan fingerprint density at radius 3 is 3.00 bits per heavy atom. The van der Waals surface area contributed by atoms with Crippen LogP contribution in [-0.4, -0.2) is 46.7 Å². The number of aromatic nitrogens is 3. The zero-order valence-corrected chi connectivity index (χ0v) is 12.3. The van der Waals surface area contributed by atoms with Gasteiger partial charge in [0.1, 0.15) is 11.6 Å². The zero-order valence-electron chi connectivity index (χ0n) is 12.3. The summed E-state index contributed by atoms with van der Waals surface area (Å²) in [6, 6.07) is 2.27. The number of aromatic amines is 1. The van der Waals surface area contributed by atoms with E-state index in [9.17, 15) is 0 Å². The number of hydrogen-bond donors (Lipinski definition) is 1. The highest BCUT2D eigenvalue weighted by molar-refractivity contribution is 5.23. The molecule has 0 bridgehead atoms. The molecule has 3 rings (SSSR count). The summed E-state index contributed by atoms with van der Waals surface area (Å²) in [7, 11) is 3.42. The highest BCUT2D eigenvalue weighted by Gasteiger charge is 2.34. The SMILES string of the molecule is COc1cncc(CN2C[C@H](OC)CC2c2ncc[nH]2)c1. The fraction of sp³-hybridized carbons (Fsp3) is 0.467. The van der Waals surface area contributed by atoms with E-state index in [1.54, 1.807) is 26.6 Å². The molecule has 2 aromatic rings. The van der Waals surface area contributed by atoms with E-state index in [4.69, 9.17) is 9.47 Å². The lowest BCUT2D eigenvalue weighted by atomic mass is 10.2. The molecule has 0 aromatic carbocycles. The molecule has 1 aliphatic rings. The Balaban J connectivity index is 1.78. The highest BCUT2D eigenvalue weighted by atomic mass is 16.5. The first-order chi connectivity index (χ1) is 10.3. The minimum atomic E-state index is 0.235. The standard InChI is InChI=1S/C15H20N4O2/c1-20-12-5-11(7-16-8-12)9-19-10-13(21-2)6-14(19)15-17-3-4-18-15/h3-5,7-8,13-14H,6,9-10H2,1-2H3,(H,17,18)/t13-,14?/m1/s1. The molecular formula is C15H20N4O2. The van der Waals surface area contributed by atoms with Crippen molar-refractivity contribution in [3.05, 3.63) is 42.2 Å². The first-order valence-corrected chi connectivity index (χ1v) is 7.04. The van der Waals surface area contributed by atoms with Gasteiger partial charge in [-0.25, -0.2) is 4.98 Å². The summed E-state index contributed by atoms with van der Waals surface area (Å²) in [4.78, 5) is 14.2. The van der Waals surface area contributed by atoms with Gasteiger partial charge in [0.15, 0.2) is 0 Å². The molecule has 6 nitrogen and oxygen atoms in total. The van der Waals surface area contributed by atoms with E-state index in [0.717, 1.165) is 36.6 Å². The van der Waals surface area contributed by atoms with Crippen LogP contribution in [0.3, 0.4) is 0 Å². The van der Waals surface area contributed by atoms with E-state index in [2.05, 4.69) is 19.9 Å². The monoisotopic (exact) mass is 288 g/mol. The Morgan fingerprint density at radius 2 is 2.29 bits per heavy atom. The van der Waals surface area contributed by atoms with E-state index in [0.29, 0.717) is 0 Å². The number of H-pyrrole nitrogens is 1. The molecule has 0 saturated carbocycles. The predicted molar refractivity (Wildman–Crippen MR) is 77.9 cm³/mol. The van der Waals surface area contributed by atoms with Gasteiger partial charge in [-0.3, -0.25) is 9.88 Å². The van der Waals surface area contributed by atoms with Gasteiger partial charge in [0.05, 0.1) is 25.5 Å². The van der Waals surface area contributed by atoms with Crippen LogP contribution in [0.25, 0.3) is 0 Å². The smallest absolute Gasteiger partial charge is 0.137 e. The molecule has 2 atom stereocenters. The van der Waals surface area contributed by atoms with Gasteiger partial charge in [0, 0.05) is 38.8 Å². The van der Waals surface area contributed by atoms with Crippen molar-refractivity contribution in [1.29, 1.82) is 0 Å². The van der Waals surface area contributed by atoms with Gasteiger partial charge in [-0.05, 0) is 18.1 Å². The summed E-state index contributed by atoms with van der Waals surface area (Å²) in [6.07, 6.45) is 8.43. The Kier molecular flexibility index (Phi) is 4.17. The van der Waals surface area contributed by atoms with Crippen molar-refractivity contribution in [2.24, 2.45) is 0 Å². The second-order valence-electron chi connectivity index (χ2n) is 5.25. The van der Waals surface area contributed by atoms with E-state index in [1.165, 1.54) is 0 Å². The second-order valence-corrected chi connectivity index (χ2v) is 5.25. The summed E-state index contributed by atoms with van der Waals surface area (Å²) in [5, 5.41) is 0. The lowest BCUT2D eigenvalue weighted by Crippen LogP contribution is -2.25. The number of imidazole rings is 1. The number of pyridine rings is 1. The maximum absolute atomic E-state index is 5.53. The number of methoxy groups -OCH3 is 2. The Labute approximate surface area is 124 Å². The molecule has 1 N–H and O–H groups in total. The fourth-order valence-electron chi connectivity index (χ4n) is 2.85. The number of rotatable bonds is 5. The average Bonchev–Trinajstić information content (AvgIpc) is 3.16. The number of ether oxygens (including phenoxy) is 2. The van der Waals surface area contributed by atoms with Gasteiger partial charge in [-0.1, -0.05) is 0 Å². The summed E-state index contributed by atoms with van der Waals surface area (Å²) in [5.41, 5.74) is 1.13. The maximum atomic E-state index is 5.53. The zero-order chi connectivity index (χ0) is 14.7. The van der Waals surface area contributed by atoms with Crippen LogP contribution in [0.2, 0.25) is 0 Å². The van der Waals surface area contributed by atoms with Gasteiger partial charge in [0.25, 0.3) is 0 Å². The summed E-state index contributed by atoms with van der Waals surface area (Å²) < 4.78 is 10.8. The van der Waals surface area contributed by atoms with E-state index < -0.39 is 0 Å². The Bertz CT molecular complexity index is 573. The van der Waals surface area contributed by atoms with Crippen molar-refractivity contribution in [2.75, 3.05) is 20.8 Å². The Morgan fingerprint density at radius 1 is 1.38 bits per heavy atom. The third kappa shape index (κ3) is 3.06. The van der Waals surface area contributed by atoms with Gasteiger partial charge < -0.3 is 14.5 Å². The number of hydrogen-bond acceptors (Lipinski definition) is 5. The van der Waals surface area contributed by atoms with Crippen molar-refractivity contribution in [3.63, 3.8) is 0 Å². The molecule has 3 heterocycles. The Hall–Kier alpha value is -1.92. The normalized spacial score (nSPS) is 22.6. The average molecular weight is 288 g/mol. The second kappa shape index (κ2) is 6.24. The lowest BCUT2D eigenvalue weighted by Gasteiger charge is -2.22. The van der Waals surface area contributed by atoms with Crippen molar-refractivity contribution < 1.29 is 9.47 Å². The molecule has 0 spiro atoms. The van der Waals surface area contributed by atoms with Crippen molar-refractivity contribution >= 4 is 0 Å². The lowest BCUT2D eigenvalue weighted by molar-refractivity contribution is 0.107. The van der Waals surface area contributed by atoms with Crippen LogP contribution in [0.1, 0.15) is 23.9 Å². The van der Waals surface area contributed by atoms with Gasteiger partial charge in [0.2, 0.25) is 0 Å². The van der Waals surface area contributed by atoms with E-state index in [-0.39, 0.29) is 12.1 Å².